The Kier molecular flexibility index (Phi) is 5.32. The first kappa shape index (κ1) is 15.8. The number of carbonyl (C=O) groups is 2. The third-order valence-corrected chi connectivity index (χ3v) is 3.56. The Morgan fingerprint density at radius 2 is 1.95 bits per heavy atom. The van der Waals surface area contributed by atoms with E-state index in [2.05, 4.69) is 4.74 Å². The van der Waals surface area contributed by atoms with Gasteiger partial charge >= 0.3 is 11.9 Å². The van der Waals surface area contributed by atoms with Crippen molar-refractivity contribution in [2.75, 3.05) is 14.2 Å². The molecule has 0 aliphatic heterocycles. The van der Waals surface area contributed by atoms with Crippen LogP contribution in [0.5, 0.6) is 11.5 Å². The molecular weight excluding hydrogens is 304 g/mol. The zero-order valence-corrected chi connectivity index (χ0v) is 12.9. The Morgan fingerprint density at radius 3 is 2.59 bits per heavy atom. The smallest absolute Gasteiger partial charge is 0.337 e. The Balaban J connectivity index is 2.11. The van der Waals surface area contributed by atoms with Gasteiger partial charge in [-0.1, -0.05) is 6.07 Å². The predicted octanol–water partition coefficient (Wildman–Crippen LogP) is 3.16. The molecule has 0 unspecified atom stereocenters. The summed E-state index contributed by atoms with van der Waals surface area (Å²) in [6.07, 6.45) is 3.00. The fourth-order valence-electron chi connectivity index (χ4n) is 1.68. The van der Waals surface area contributed by atoms with E-state index >= 15 is 0 Å². The first-order valence-electron chi connectivity index (χ1n) is 6.34. The molecule has 0 radical (unpaired) electrons. The summed E-state index contributed by atoms with van der Waals surface area (Å²) in [5, 5.41) is 1.92. The van der Waals surface area contributed by atoms with Crippen molar-refractivity contribution >= 4 is 29.4 Å². The maximum absolute atomic E-state index is 11.8. The van der Waals surface area contributed by atoms with E-state index in [9.17, 15) is 9.59 Å². The first-order valence-corrected chi connectivity index (χ1v) is 7.21. The van der Waals surface area contributed by atoms with Gasteiger partial charge in [0.1, 0.15) is 0 Å². The predicted molar refractivity (Wildman–Crippen MR) is 83.3 cm³/mol. The number of benzene rings is 1. The monoisotopic (exact) mass is 318 g/mol. The summed E-state index contributed by atoms with van der Waals surface area (Å²) in [7, 11) is 2.72. The minimum atomic E-state index is -0.530. The van der Waals surface area contributed by atoms with E-state index < -0.39 is 11.9 Å². The zero-order valence-electron chi connectivity index (χ0n) is 12.1. The van der Waals surface area contributed by atoms with Crippen LogP contribution >= 0.6 is 11.3 Å². The lowest BCUT2D eigenvalue weighted by Crippen LogP contribution is -2.06. The fraction of sp³-hybridized carbons (Fsp3) is 0.125. The van der Waals surface area contributed by atoms with Crippen molar-refractivity contribution in [2.24, 2.45) is 0 Å². The van der Waals surface area contributed by atoms with Gasteiger partial charge in [0, 0.05) is 11.0 Å². The lowest BCUT2D eigenvalue weighted by molar-refractivity contribution is -0.129. The largest absolute Gasteiger partial charge is 0.493 e. The number of esters is 2. The molecule has 1 heterocycles. The SMILES string of the molecule is COC(=O)c1ccc(OC(=O)/C=C/c2cccs2)c(OC)c1. The highest BCUT2D eigenvalue weighted by Gasteiger charge is 2.13. The van der Waals surface area contributed by atoms with Crippen LogP contribution in [-0.4, -0.2) is 26.2 Å². The van der Waals surface area contributed by atoms with Crippen molar-refractivity contribution in [3.8, 4) is 11.5 Å². The molecule has 0 fully saturated rings. The molecule has 6 heteroatoms. The van der Waals surface area contributed by atoms with Crippen LogP contribution in [0.2, 0.25) is 0 Å². The van der Waals surface area contributed by atoms with Gasteiger partial charge in [0.15, 0.2) is 11.5 Å². The Labute approximate surface area is 131 Å². The van der Waals surface area contributed by atoms with Gasteiger partial charge in [0.05, 0.1) is 19.8 Å². The Morgan fingerprint density at radius 1 is 1.14 bits per heavy atom. The maximum atomic E-state index is 11.8. The molecule has 0 saturated carbocycles. The molecule has 1 aromatic carbocycles. The third-order valence-electron chi connectivity index (χ3n) is 2.72. The molecule has 22 heavy (non-hydrogen) atoms. The highest BCUT2D eigenvalue weighted by Crippen LogP contribution is 2.28. The molecule has 0 amide bonds. The molecule has 2 aromatic rings. The maximum Gasteiger partial charge on any atom is 0.337 e. The summed E-state index contributed by atoms with van der Waals surface area (Å²) >= 11 is 1.52. The minimum Gasteiger partial charge on any atom is -0.493 e. The van der Waals surface area contributed by atoms with E-state index in [-0.39, 0.29) is 11.5 Å². The van der Waals surface area contributed by atoms with Crippen molar-refractivity contribution in [1.82, 2.24) is 0 Å². The van der Waals surface area contributed by atoms with Gasteiger partial charge < -0.3 is 14.2 Å². The van der Waals surface area contributed by atoms with E-state index in [4.69, 9.17) is 9.47 Å². The number of rotatable bonds is 5. The topological polar surface area (TPSA) is 61.8 Å². The van der Waals surface area contributed by atoms with E-state index in [1.54, 1.807) is 6.08 Å². The van der Waals surface area contributed by atoms with Crippen LogP contribution in [0.15, 0.2) is 41.8 Å². The van der Waals surface area contributed by atoms with Gasteiger partial charge in [-0.3, -0.25) is 0 Å². The van der Waals surface area contributed by atoms with Gasteiger partial charge in [-0.25, -0.2) is 9.59 Å². The Hall–Kier alpha value is -2.60. The summed E-state index contributed by atoms with van der Waals surface area (Å²) in [5.41, 5.74) is 0.313. The Bertz CT molecular complexity index is 689. The number of methoxy groups -OCH3 is 2. The van der Waals surface area contributed by atoms with Crippen molar-refractivity contribution in [2.45, 2.75) is 0 Å². The number of thiophene rings is 1. The van der Waals surface area contributed by atoms with E-state index in [0.717, 1.165) is 4.88 Å². The van der Waals surface area contributed by atoms with Crippen LogP contribution in [0.3, 0.4) is 0 Å². The number of carbonyl (C=O) groups excluding carboxylic acids is 2. The summed E-state index contributed by atoms with van der Waals surface area (Å²) in [6, 6.07) is 8.23. The number of hydrogen-bond donors (Lipinski definition) is 0. The molecule has 0 aliphatic carbocycles. The van der Waals surface area contributed by atoms with Gasteiger partial charge in [-0.2, -0.15) is 0 Å². The summed E-state index contributed by atoms with van der Waals surface area (Å²) in [5.74, 6) is -0.511. The van der Waals surface area contributed by atoms with Crippen molar-refractivity contribution in [1.29, 1.82) is 0 Å². The first-order chi connectivity index (χ1) is 10.6. The summed E-state index contributed by atoms with van der Waals surface area (Å²) in [4.78, 5) is 24.2. The molecule has 114 valence electrons. The highest BCUT2D eigenvalue weighted by molar-refractivity contribution is 7.10. The normalized spacial score (nSPS) is 10.5. The second-order valence-electron chi connectivity index (χ2n) is 4.13. The van der Waals surface area contributed by atoms with Crippen LogP contribution in [0.4, 0.5) is 0 Å². The van der Waals surface area contributed by atoms with Gasteiger partial charge in [0.2, 0.25) is 0 Å². The van der Waals surface area contributed by atoms with Crippen LogP contribution in [0, 0.1) is 0 Å². The molecule has 2 rings (SSSR count). The second-order valence-corrected chi connectivity index (χ2v) is 5.11. The molecule has 0 bridgehead atoms. The molecular formula is C16H14O5S. The van der Waals surface area contributed by atoms with Crippen LogP contribution in [-0.2, 0) is 9.53 Å². The standard InChI is InChI=1S/C16H14O5S/c1-19-14-10-11(16(18)20-2)5-7-13(14)21-15(17)8-6-12-4-3-9-22-12/h3-10H,1-2H3/b8-6+. The van der Waals surface area contributed by atoms with Crippen molar-refractivity contribution in [3.05, 3.63) is 52.2 Å². The lowest BCUT2D eigenvalue weighted by atomic mass is 10.2. The van der Waals surface area contributed by atoms with Crippen LogP contribution < -0.4 is 9.47 Å². The van der Waals surface area contributed by atoms with Gasteiger partial charge in [-0.15, -0.1) is 11.3 Å². The van der Waals surface area contributed by atoms with Crippen LogP contribution in [0.25, 0.3) is 6.08 Å². The molecule has 0 N–H and O–H groups in total. The highest BCUT2D eigenvalue weighted by atomic mass is 32.1. The minimum absolute atomic E-state index is 0.232. The van der Waals surface area contributed by atoms with Crippen LogP contribution in [0.1, 0.15) is 15.2 Å². The van der Waals surface area contributed by atoms with Gasteiger partial charge in [-0.05, 0) is 35.7 Å². The molecule has 0 saturated heterocycles. The third kappa shape index (κ3) is 3.95. The fourth-order valence-corrected chi connectivity index (χ4v) is 2.29. The molecule has 5 nitrogen and oxygen atoms in total. The van der Waals surface area contributed by atoms with Crippen molar-refractivity contribution < 1.29 is 23.8 Å². The summed E-state index contributed by atoms with van der Waals surface area (Å²) in [6.45, 7) is 0. The van der Waals surface area contributed by atoms with E-state index in [1.165, 1.54) is 49.8 Å². The van der Waals surface area contributed by atoms with Gasteiger partial charge in [0.25, 0.3) is 0 Å². The lowest BCUT2D eigenvalue weighted by Gasteiger charge is -2.09. The average molecular weight is 318 g/mol. The summed E-state index contributed by atoms with van der Waals surface area (Å²) < 4.78 is 15.0. The average Bonchev–Trinajstić information content (AvgIpc) is 3.06. The number of hydrogen-bond acceptors (Lipinski definition) is 6. The number of ether oxygens (including phenoxy) is 3. The molecule has 0 aliphatic rings. The zero-order chi connectivity index (χ0) is 15.9. The molecule has 1 aromatic heterocycles. The molecule has 0 spiro atoms. The van der Waals surface area contributed by atoms with E-state index in [1.807, 2.05) is 17.5 Å². The quantitative estimate of drug-likeness (QED) is 0.481. The molecule has 0 atom stereocenters. The van der Waals surface area contributed by atoms with E-state index in [0.29, 0.717) is 5.56 Å². The second kappa shape index (κ2) is 7.42. The van der Waals surface area contributed by atoms with Crippen molar-refractivity contribution in [3.63, 3.8) is 0 Å².